The predicted octanol–water partition coefficient (Wildman–Crippen LogP) is 1.15. The molecular weight excluding hydrogens is 184 g/mol. The summed E-state index contributed by atoms with van der Waals surface area (Å²) >= 11 is 0. The summed E-state index contributed by atoms with van der Waals surface area (Å²) in [7, 11) is 2.97. The molecule has 14 heavy (non-hydrogen) atoms. The first kappa shape index (κ1) is 10.4. The predicted molar refractivity (Wildman–Crippen MR) is 51.0 cm³/mol. The summed E-state index contributed by atoms with van der Waals surface area (Å²) in [6.07, 6.45) is 0.836. The Morgan fingerprint density at radius 1 is 1.36 bits per heavy atom. The molecule has 1 rings (SSSR count). The van der Waals surface area contributed by atoms with Gasteiger partial charge in [0.05, 0.1) is 14.2 Å². The molecule has 0 unspecified atom stereocenters. The van der Waals surface area contributed by atoms with Crippen LogP contribution in [-0.4, -0.2) is 25.6 Å². The molecule has 0 spiro atoms. The van der Waals surface area contributed by atoms with E-state index < -0.39 is 0 Å². The Labute approximate surface area is 82.1 Å². The van der Waals surface area contributed by atoms with E-state index in [1.807, 2.05) is 0 Å². The number of aromatic hydroxyl groups is 1. The summed E-state index contributed by atoms with van der Waals surface area (Å²) in [5.74, 6) is 0.955. The van der Waals surface area contributed by atoms with Crippen LogP contribution in [0.3, 0.4) is 0 Å². The fourth-order valence-electron chi connectivity index (χ4n) is 1.19. The van der Waals surface area contributed by atoms with Gasteiger partial charge in [-0.05, 0) is 0 Å². The first-order valence-corrected chi connectivity index (χ1v) is 4.10. The molecule has 4 heteroatoms. The number of carbonyl (C=O) groups excluding carboxylic acids is 1. The van der Waals surface area contributed by atoms with Crippen molar-refractivity contribution in [3.63, 3.8) is 0 Å². The SMILES string of the molecule is COc1cc(O)c(CC=O)c(OC)c1. The Morgan fingerprint density at radius 2 is 2.07 bits per heavy atom. The van der Waals surface area contributed by atoms with Gasteiger partial charge in [-0.15, -0.1) is 0 Å². The summed E-state index contributed by atoms with van der Waals surface area (Å²) in [5.41, 5.74) is 0.475. The summed E-state index contributed by atoms with van der Waals surface area (Å²) in [6, 6.07) is 3.07. The highest BCUT2D eigenvalue weighted by atomic mass is 16.5. The van der Waals surface area contributed by atoms with Crippen LogP contribution in [0.25, 0.3) is 0 Å². The standard InChI is InChI=1S/C10H12O4/c1-13-7-5-9(12)8(3-4-11)10(6-7)14-2/h4-6,12H,3H2,1-2H3. The number of aldehydes is 1. The fourth-order valence-corrected chi connectivity index (χ4v) is 1.19. The first-order valence-electron chi connectivity index (χ1n) is 4.10. The average molecular weight is 196 g/mol. The van der Waals surface area contributed by atoms with E-state index in [9.17, 15) is 9.90 Å². The Bertz CT molecular complexity index is 333. The monoisotopic (exact) mass is 196 g/mol. The number of phenols is 1. The summed E-state index contributed by atoms with van der Waals surface area (Å²) in [4.78, 5) is 10.4. The van der Waals surface area contributed by atoms with Crippen LogP contribution >= 0.6 is 0 Å². The minimum absolute atomic E-state index is 0.00769. The van der Waals surface area contributed by atoms with E-state index in [2.05, 4.69) is 0 Å². The molecule has 4 nitrogen and oxygen atoms in total. The van der Waals surface area contributed by atoms with Crippen molar-refractivity contribution in [2.24, 2.45) is 0 Å². The number of carbonyl (C=O) groups is 1. The van der Waals surface area contributed by atoms with Crippen LogP contribution in [0.15, 0.2) is 12.1 Å². The molecule has 0 radical (unpaired) electrons. The van der Waals surface area contributed by atoms with Crippen LogP contribution < -0.4 is 9.47 Å². The average Bonchev–Trinajstić information content (AvgIpc) is 2.20. The second kappa shape index (κ2) is 4.50. The van der Waals surface area contributed by atoms with Gasteiger partial charge in [0.15, 0.2) is 0 Å². The van der Waals surface area contributed by atoms with Crippen molar-refractivity contribution in [1.29, 1.82) is 0 Å². The summed E-state index contributed by atoms with van der Waals surface area (Å²) in [6.45, 7) is 0. The molecule has 0 heterocycles. The van der Waals surface area contributed by atoms with E-state index in [0.717, 1.165) is 0 Å². The van der Waals surface area contributed by atoms with E-state index in [0.29, 0.717) is 23.3 Å². The number of hydrogen-bond donors (Lipinski definition) is 1. The quantitative estimate of drug-likeness (QED) is 0.734. The zero-order valence-electron chi connectivity index (χ0n) is 8.11. The maximum absolute atomic E-state index is 10.4. The van der Waals surface area contributed by atoms with E-state index >= 15 is 0 Å². The fraction of sp³-hybridized carbons (Fsp3) is 0.300. The van der Waals surface area contributed by atoms with Crippen LogP contribution in [0.1, 0.15) is 5.56 Å². The van der Waals surface area contributed by atoms with Crippen molar-refractivity contribution in [1.82, 2.24) is 0 Å². The smallest absolute Gasteiger partial charge is 0.129 e. The molecule has 76 valence electrons. The highest BCUT2D eigenvalue weighted by Crippen LogP contribution is 2.32. The van der Waals surface area contributed by atoms with Crippen LogP contribution in [-0.2, 0) is 11.2 Å². The molecule has 0 amide bonds. The van der Waals surface area contributed by atoms with Gasteiger partial charge in [-0.25, -0.2) is 0 Å². The highest BCUT2D eigenvalue weighted by Gasteiger charge is 2.10. The molecule has 1 aromatic carbocycles. The maximum Gasteiger partial charge on any atom is 0.129 e. The van der Waals surface area contributed by atoms with Crippen LogP contribution in [0.2, 0.25) is 0 Å². The van der Waals surface area contributed by atoms with Gasteiger partial charge in [-0.3, -0.25) is 0 Å². The Hall–Kier alpha value is -1.71. The van der Waals surface area contributed by atoms with Crippen LogP contribution in [0, 0.1) is 0 Å². The van der Waals surface area contributed by atoms with E-state index in [1.165, 1.54) is 20.3 Å². The number of ether oxygens (including phenoxy) is 2. The zero-order valence-corrected chi connectivity index (χ0v) is 8.11. The normalized spacial score (nSPS) is 9.57. The molecule has 0 atom stereocenters. The van der Waals surface area contributed by atoms with Gasteiger partial charge >= 0.3 is 0 Å². The Morgan fingerprint density at radius 3 is 2.57 bits per heavy atom. The number of methoxy groups -OCH3 is 2. The lowest BCUT2D eigenvalue weighted by Gasteiger charge is -2.10. The first-order chi connectivity index (χ1) is 6.72. The van der Waals surface area contributed by atoms with E-state index in [-0.39, 0.29) is 12.2 Å². The molecule has 0 aromatic heterocycles. The molecule has 0 aliphatic carbocycles. The second-order valence-electron chi connectivity index (χ2n) is 2.70. The Kier molecular flexibility index (Phi) is 3.34. The molecule has 1 N–H and O–H groups in total. The number of rotatable bonds is 4. The van der Waals surface area contributed by atoms with E-state index in [4.69, 9.17) is 9.47 Å². The van der Waals surface area contributed by atoms with Gasteiger partial charge in [0.25, 0.3) is 0 Å². The zero-order chi connectivity index (χ0) is 10.6. The third-order valence-corrected chi connectivity index (χ3v) is 1.90. The number of hydrogen-bond acceptors (Lipinski definition) is 4. The van der Waals surface area contributed by atoms with Crippen molar-refractivity contribution in [3.8, 4) is 17.2 Å². The second-order valence-corrected chi connectivity index (χ2v) is 2.70. The number of phenolic OH excluding ortho intramolecular Hbond substituents is 1. The molecular formula is C10H12O4. The third kappa shape index (κ3) is 1.96. The summed E-state index contributed by atoms with van der Waals surface area (Å²) in [5, 5.41) is 9.55. The minimum atomic E-state index is 0.00769. The molecule has 0 aliphatic rings. The Balaban J connectivity index is 3.19. The lowest BCUT2D eigenvalue weighted by atomic mass is 10.1. The molecule has 0 bridgehead atoms. The van der Waals surface area contributed by atoms with Gasteiger partial charge in [0.2, 0.25) is 0 Å². The van der Waals surface area contributed by atoms with Gasteiger partial charge in [-0.2, -0.15) is 0 Å². The molecule has 0 aliphatic heterocycles. The largest absolute Gasteiger partial charge is 0.507 e. The van der Waals surface area contributed by atoms with Crippen LogP contribution in [0.5, 0.6) is 17.2 Å². The lowest BCUT2D eigenvalue weighted by molar-refractivity contribution is -0.107. The molecule has 1 aromatic rings. The van der Waals surface area contributed by atoms with Crippen molar-refractivity contribution in [2.45, 2.75) is 6.42 Å². The molecule has 0 fully saturated rings. The minimum Gasteiger partial charge on any atom is -0.507 e. The topological polar surface area (TPSA) is 55.8 Å². The number of benzene rings is 1. The van der Waals surface area contributed by atoms with Gasteiger partial charge in [0, 0.05) is 24.1 Å². The third-order valence-electron chi connectivity index (χ3n) is 1.90. The van der Waals surface area contributed by atoms with Crippen molar-refractivity contribution in [3.05, 3.63) is 17.7 Å². The molecule has 0 saturated carbocycles. The molecule has 0 saturated heterocycles. The van der Waals surface area contributed by atoms with Crippen molar-refractivity contribution in [2.75, 3.05) is 14.2 Å². The van der Waals surface area contributed by atoms with Gasteiger partial charge < -0.3 is 19.4 Å². The summed E-state index contributed by atoms with van der Waals surface area (Å²) < 4.78 is 9.96. The van der Waals surface area contributed by atoms with Gasteiger partial charge in [0.1, 0.15) is 23.5 Å². The van der Waals surface area contributed by atoms with Crippen LogP contribution in [0.4, 0.5) is 0 Å². The van der Waals surface area contributed by atoms with Gasteiger partial charge in [-0.1, -0.05) is 0 Å². The maximum atomic E-state index is 10.4. The highest BCUT2D eigenvalue weighted by molar-refractivity contribution is 5.62. The van der Waals surface area contributed by atoms with Crippen molar-refractivity contribution >= 4 is 6.29 Å². The van der Waals surface area contributed by atoms with E-state index in [1.54, 1.807) is 6.07 Å². The van der Waals surface area contributed by atoms with Crippen molar-refractivity contribution < 1.29 is 19.4 Å². The lowest BCUT2D eigenvalue weighted by Crippen LogP contribution is -1.95.